The first-order valence-corrected chi connectivity index (χ1v) is 12.7. The second kappa shape index (κ2) is 10.8. The molecule has 0 unspecified atom stereocenters. The number of likely N-dealkylation sites (N-methyl/N-ethyl adjacent to an activating group) is 1. The fraction of sp³-hybridized carbons (Fsp3) is 0.333. The molecule has 39 heavy (non-hydrogen) atoms. The third kappa shape index (κ3) is 5.32. The minimum atomic E-state index is -0.771. The second-order valence-corrected chi connectivity index (χ2v) is 9.55. The van der Waals surface area contributed by atoms with Crippen molar-refractivity contribution in [2.45, 2.75) is 13.8 Å². The lowest BCUT2D eigenvalue weighted by Gasteiger charge is -2.33. The molecule has 4 aromatic rings. The molecule has 0 spiro atoms. The van der Waals surface area contributed by atoms with Crippen molar-refractivity contribution in [3.63, 3.8) is 0 Å². The number of rotatable bonds is 7. The van der Waals surface area contributed by atoms with Crippen LogP contribution >= 0.6 is 0 Å². The largest absolute Gasteiger partial charge is 0.435 e. The zero-order chi connectivity index (χ0) is 27.7. The number of benzene rings is 1. The van der Waals surface area contributed by atoms with Crippen molar-refractivity contribution >= 4 is 34.1 Å². The number of halogens is 2. The molecule has 0 radical (unpaired) electrons. The van der Waals surface area contributed by atoms with Gasteiger partial charge in [-0.05, 0) is 39.1 Å². The van der Waals surface area contributed by atoms with Gasteiger partial charge in [0.25, 0.3) is 5.91 Å². The first kappa shape index (κ1) is 26.3. The first-order chi connectivity index (χ1) is 18.7. The minimum absolute atomic E-state index is 0.0306. The van der Waals surface area contributed by atoms with Gasteiger partial charge in [-0.15, -0.1) is 0 Å². The molecule has 204 valence electrons. The number of fused-ring (bicyclic) bond motifs is 1. The zero-order valence-electron chi connectivity index (χ0n) is 22.3. The summed E-state index contributed by atoms with van der Waals surface area (Å²) in [5.41, 5.74) is 1.60. The van der Waals surface area contributed by atoms with Gasteiger partial charge in [-0.25, -0.2) is 23.7 Å². The first-order valence-electron chi connectivity index (χ1n) is 12.7. The summed E-state index contributed by atoms with van der Waals surface area (Å²) in [6.07, 6.45) is 2.95. The maximum atomic E-state index is 15.3. The Morgan fingerprint density at radius 3 is 2.62 bits per heavy atom. The average molecular weight is 537 g/mol. The molecule has 2 N–H and O–H groups in total. The maximum Gasteiger partial charge on any atom is 0.262 e. The van der Waals surface area contributed by atoms with E-state index in [4.69, 9.17) is 4.74 Å². The van der Waals surface area contributed by atoms with E-state index < -0.39 is 23.3 Å². The van der Waals surface area contributed by atoms with Crippen LogP contribution in [0.25, 0.3) is 10.9 Å². The molecule has 0 atom stereocenters. The highest BCUT2D eigenvalue weighted by Crippen LogP contribution is 2.35. The Balaban J connectivity index is 1.48. The number of pyridine rings is 1. The van der Waals surface area contributed by atoms with Gasteiger partial charge in [0.15, 0.2) is 23.2 Å². The highest BCUT2D eigenvalue weighted by atomic mass is 19.1. The number of hydrogen-bond acceptors (Lipinski definition) is 8. The molecular weight excluding hydrogens is 506 g/mol. The van der Waals surface area contributed by atoms with Crippen LogP contribution in [0.4, 0.5) is 26.1 Å². The van der Waals surface area contributed by atoms with E-state index in [9.17, 15) is 9.18 Å². The smallest absolute Gasteiger partial charge is 0.262 e. The third-order valence-electron chi connectivity index (χ3n) is 6.82. The van der Waals surface area contributed by atoms with Crippen LogP contribution < -0.4 is 15.0 Å². The Kier molecular flexibility index (Phi) is 7.29. The number of H-pyrrole nitrogens is 1. The molecule has 5 rings (SSSR count). The summed E-state index contributed by atoms with van der Waals surface area (Å²) in [5.74, 6) is -1.94. The molecule has 1 aliphatic rings. The summed E-state index contributed by atoms with van der Waals surface area (Å²) in [6.45, 7) is 7.66. The molecule has 1 amide bonds. The van der Waals surface area contributed by atoms with Crippen molar-refractivity contribution in [1.82, 2.24) is 29.7 Å². The number of carbonyl (C=O) groups is 1. The molecular formula is C27H30F2N8O2. The number of aromatic nitrogens is 4. The fourth-order valence-electron chi connectivity index (χ4n) is 4.41. The molecule has 1 fully saturated rings. The number of anilines is 3. The summed E-state index contributed by atoms with van der Waals surface area (Å²) in [6, 6.07) is 6.16. The van der Waals surface area contributed by atoms with Crippen LogP contribution in [0.2, 0.25) is 0 Å². The maximum absolute atomic E-state index is 15.3. The van der Waals surface area contributed by atoms with Crippen LogP contribution in [-0.4, -0.2) is 82.5 Å². The van der Waals surface area contributed by atoms with Crippen molar-refractivity contribution < 1.29 is 18.3 Å². The monoisotopic (exact) mass is 536 g/mol. The lowest BCUT2D eigenvalue weighted by Crippen LogP contribution is -2.44. The molecule has 0 saturated carbocycles. The Morgan fingerprint density at radius 1 is 1.15 bits per heavy atom. The molecule has 3 aromatic heterocycles. The van der Waals surface area contributed by atoms with Gasteiger partial charge >= 0.3 is 0 Å². The SMILES string of the molecule is CCN(C)C(=O)c1c(Nc2ccc(N3CCN(C)CC3)cn2)ncnc1Oc1cc(F)c2[nH]c(C)cc2c1F. The predicted molar refractivity (Wildman–Crippen MR) is 145 cm³/mol. The number of aromatic amines is 1. The highest BCUT2D eigenvalue weighted by molar-refractivity contribution is 6.01. The Labute approximate surface area is 224 Å². The summed E-state index contributed by atoms with van der Waals surface area (Å²) >= 11 is 0. The summed E-state index contributed by atoms with van der Waals surface area (Å²) in [5, 5.41) is 3.11. The molecule has 0 bridgehead atoms. The lowest BCUT2D eigenvalue weighted by molar-refractivity contribution is 0.0799. The standard InChI is InChI=1S/C27H30F2N8O2/c1-5-36(4)27(38)22-25(34-21-7-6-17(14-30-21)37-10-8-35(3)9-11-37)31-15-32-26(22)39-20-13-19(28)24-18(23(20)29)12-16(2)33-24/h6-7,12-15,33H,5,8-11H2,1-4H3,(H,30,31,32,34). The number of nitrogens with one attached hydrogen (secondary N) is 2. The summed E-state index contributed by atoms with van der Waals surface area (Å²) in [7, 11) is 3.71. The minimum Gasteiger partial charge on any atom is -0.435 e. The van der Waals surface area contributed by atoms with Crippen molar-refractivity contribution in [3.05, 3.63) is 59.7 Å². The molecule has 12 heteroatoms. The number of ether oxygens (including phenoxy) is 1. The molecule has 1 saturated heterocycles. The van der Waals surface area contributed by atoms with Crippen LogP contribution in [0.5, 0.6) is 11.6 Å². The van der Waals surface area contributed by atoms with Crippen LogP contribution in [0.15, 0.2) is 36.8 Å². The Morgan fingerprint density at radius 2 is 1.92 bits per heavy atom. The highest BCUT2D eigenvalue weighted by Gasteiger charge is 2.26. The van der Waals surface area contributed by atoms with E-state index >= 15 is 4.39 Å². The summed E-state index contributed by atoms with van der Waals surface area (Å²) < 4.78 is 35.7. The number of nitrogens with zero attached hydrogens (tertiary/aromatic N) is 6. The number of hydrogen-bond donors (Lipinski definition) is 2. The van der Waals surface area contributed by atoms with E-state index in [0.717, 1.165) is 37.9 Å². The van der Waals surface area contributed by atoms with E-state index in [1.54, 1.807) is 26.2 Å². The van der Waals surface area contributed by atoms with Crippen molar-refractivity contribution in [3.8, 4) is 11.6 Å². The normalized spacial score (nSPS) is 14.1. The van der Waals surface area contributed by atoms with E-state index in [0.29, 0.717) is 18.1 Å². The van der Waals surface area contributed by atoms with Crippen molar-refractivity contribution in [2.75, 3.05) is 57.0 Å². The van der Waals surface area contributed by atoms with Gasteiger partial charge in [0, 0.05) is 56.9 Å². The van der Waals surface area contributed by atoms with Gasteiger partial charge in [0.05, 0.1) is 17.4 Å². The van der Waals surface area contributed by atoms with Crippen LogP contribution in [0.1, 0.15) is 23.0 Å². The Bertz CT molecular complexity index is 1500. The lowest BCUT2D eigenvalue weighted by atomic mass is 10.2. The number of aryl methyl sites for hydroxylation is 1. The number of piperazine rings is 1. The topological polar surface area (TPSA) is 103 Å². The third-order valence-corrected chi connectivity index (χ3v) is 6.82. The van der Waals surface area contributed by atoms with E-state index in [1.165, 1.54) is 17.3 Å². The second-order valence-electron chi connectivity index (χ2n) is 9.55. The summed E-state index contributed by atoms with van der Waals surface area (Å²) in [4.78, 5) is 35.0. The number of carbonyl (C=O) groups excluding carboxylic acids is 1. The molecule has 1 aliphatic heterocycles. The Hall–Kier alpha value is -4.32. The van der Waals surface area contributed by atoms with Gasteiger partial charge in [-0.1, -0.05) is 0 Å². The van der Waals surface area contributed by atoms with Gasteiger partial charge in [0.1, 0.15) is 17.7 Å². The van der Waals surface area contributed by atoms with E-state index in [1.807, 2.05) is 13.0 Å². The van der Waals surface area contributed by atoms with Gasteiger partial charge in [-0.2, -0.15) is 0 Å². The van der Waals surface area contributed by atoms with Gasteiger partial charge in [0.2, 0.25) is 5.88 Å². The molecule has 0 aliphatic carbocycles. The molecule has 10 nitrogen and oxygen atoms in total. The van der Waals surface area contributed by atoms with Crippen LogP contribution in [0, 0.1) is 18.6 Å². The van der Waals surface area contributed by atoms with E-state index in [2.05, 4.69) is 42.1 Å². The average Bonchev–Trinajstić information content (AvgIpc) is 3.34. The fourth-order valence-corrected chi connectivity index (χ4v) is 4.41. The zero-order valence-corrected chi connectivity index (χ0v) is 22.3. The van der Waals surface area contributed by atoms with Gasteiger partial charge in [-0.3, -0.25) is 4.79 Å². The van der Waals surface area contributed by atoms with Gasteiger partial charge < -0.3 is 29.7 Å². The predicted octanol–water partition coefficient (Wildman–Crippen LogP) is 4.32. The molecule has 1 aromatic carbocycles. The quantitative estimate of drug-likeness (QED) is 0.360. The van der Waals surface area contributed by atoms with E-state index in [-0.39, 0.29) is 28.2 Å². The van der Waals surface area contributed by atoms with Crippen LogP contribution in [0.3, 0.4) is 0 Å². The molecule has 4 heterocycles. The van der Waals surface area contributed by atoms with Crippen molar-refractivity contribution in [2.24, 2.45) is 0 Å². The van der Waals surface area contributed by atoms with Crippen LogP contribution in [-0.2, 0) is 0 Å². The number of amides is 1. The van der Waals surface area contributed by atoms with Crippen molar-refractivity contribution in [1.29, 1.82) is 0 Å².